The SMILES string of the molecule is CCc1ccc(C(C)NC(=S)NCC(C)C)cc1. The predicted octanol–water partition coefficient (Wildman–Crippen LogP) is 3.43. The van der Waals surface area contributed by atoms with Gasteiger partial charge in [-0.2, -0.15) is 0 Å². The minimum Gasteiger partial charge on any atom is -0.362 e. The summed E-state index contributed by atoms with van der Waals surface area (Å²) in [5, 5.41) is 7.27. The van der Waals surface area contributed by atoms with Gasteiger partial charge in [-0.15, -0.1) is 0 Å². The fourth-order valence-corrected chi connectivity index (χ4v) is 1.93. The molecule has 0 aromatic heterocycles. The van der Waals surface area contributed by atoms with Gasteiger partial charge in [0.25, 0.3) is 0 Å². The number of hydrogen-bond donors (Lipinski definition) is 2. The molecule has 1 unspecified atom stereocenters. The van der Waals surface area contributed by atoms with Gasteiger partial charge in [-0.05, 0) is 42.6 Å². The summed E-state index contributed by atoms with van der Waals surface area (Å²) < 4.78 is 0. The average molecular weight is 264 g/mol. The highest BCUT2D eigenvalue weighted by atomic mass is 32.1. The first-order valence-corrected chi connectivity index (χ1v) is 7.07. The van der Waals surface area contributed by atoms with Crippen molar-refractivity contribution < 1.29 is 0 Å². The third-order valence-electron chi connectivity index (χ3n) is 2.91. The summed E-state index contributed by atoms with van der Waals surface area (Å²) in [5.41, 5.74) is 2.63. The maximum absolute atomic E-state index is 5.28. The largest absolute Gasteiger partial charge is 0.362 e. The topological polar surface area (TPSA) is 24.1 Å². The summed E-state index contributed by atoms with van der Waals surface area (Å²) in [6, 6.07) is 8.93. The number of rotatable bonds is 5. The Bertz CT molecular complexity index is 371. The molecule has 1 aromatic carbocycles. The lowest BCUT2D eigenvalue weighted by Gasteiger charge is -2.18. The highest BCUT2D eigenvalue weighted by Gasteiger charge is 2.06. The minimum atomic E-state index is 0.239. The van der Waals surface area contributed by atoms with Crippen molar-refractivity contribution in [1.82, 2.24) is 10.6 Å². The van der Waals surface area contributed by atoms with Gasteiger partial charge in [0.15, 0.2) is 5.11 Å². The number of thiocarbonyl (C=S) groups is 1. The van der Waals surface area contributed by atoms with E-state index in [9.17, 15) is 0 Å². The van der Waals surface area contributed by atoms with Crippen molar-refractivity contribution in [3.05, 3.63) is 35.4 Å². The zero-order chi connectivity index (χ0) is 13.5. The van der Waals surface area contributed by atoms with Gasteiger partial charge in [0.05, 0.1) is 6.04 Å². The normalized spacial score (nSPS) is 12.3. The Morgan fingerprint density at radius 3 is 2.28 bits per heavy atom. The molecule has 18 heavy (non-hydrogen) atoms. The molecule has 0 heterocycles. The maximum Gasteiger partial charge on any atom is 0.166 e. The van der Waals surface area contributed by atoms with Crippen LogP contribution in [0.4, 0.5) is 0 Å². The molecule has 1 rings (SSSR count). The monoisotopic (exact) mass is 264 g/mol. The van der Waals surface area contributed by atoms with E-state index in [1.54, 1.807) is 0 Å². The van der Waals surface area contributed by atoms with Crippen LogP contribution < -0.4 is 10.6 Å². The van der Waals surface area contributed by atoms with E-state index in [-0.39, 0.29) is 6.04 Å². The number of hydrogen-bond acceptors (Lipinski definition) is 1. The summed E-state index contributed by atoms with van der Waals surface area (Å²) >= 11 is 5.28. The Morgan fingerprint density at radius 2 is 1.78 bits per heavy atom. The summed E-state index contributed by atoms with van der Waals surface area (Å²) in [6.07, 6.45) is 1.08. The van der Waals surface area contributed by atoms with E-state index < -0.39 is 0 Å². The number of nitrogens with one attached hydrogen (secondary N) is 2. The van der Waals surface area contributed by atoms with Crippen LogP contribution >= 0.6 is 12.2 Å². The highest BCUT2D eigenvalue weighted by molar-refractivity contribution is 7.80. The van der Waals surface area contributed by atoms with E-state index in [0.717, 1.165) is 18.1 Å². The Hall–Kier alpha value is -1.09. The van der Waals surface area contributed by atoms with E-state index in [4.69, 9.17) is 12.2 Å². The van der Waals surface area contributed by atoms with Gasteiger partial charge < -0.3 is 10.6 Å². The lowest BCUT2D eigenvalue weighted by atomic mass is 10.1. The maximum atomic E-state index is 5.28. The highest BCUT2D eigenvalue weighted by Crippen LogP contribution is 2.13. The zero-order valence-corrected chi connectivity index (χ0v) is 12.6. The lowest BCUT2D eigenvalue weighted by Crippen LogP contribution is -2.38. The molecule has 0 bridgehead atoms. The first-order valence-electron chi connectivity index (χ1n) is 6.66. The molecular formula is C15H24N2S. The van der Waals surface area contributed by atoms with Crippen molar-refractivity contribution in [2.45, 2.75) is 40.2 Å². The molecule has 3 heteroatoms. The molecule has 0 fully saturated rings. The van der Waals surface area contributed by atoms with Crippen LogP contribution in [0.1, 0.15) is 44.9 Å². The molecule has 0 amide bonds. The minimum absolute atomic E-state index is 0.239. The summed E-state index contributed by atoms with van der Waals surface area (Å²) in [7, 11) is 0. The van der Waals surface area contributed by atoms with E-state index in [1.165, 1.54) is 11.1 Å². The van der Waals surface area contributed by atoms with Crippen molar-refractivity contribution in [2.24, 2.45) is 5.92 Å². The summed E-state index contributed by atoms with van der Waals surface area (Å²) in [6.45, 7) is 9.55. The van der Waals surface area contributed by atoms with Crippen LogP contribution in [0.5, 0.6) is 0 Å². The van der Waals surface area contributed by atoms with Crippen molar-refractivity contribution in [2.75, 3.05) is 6.54 Å². The van der Waals surface area contributed by atoms with Crippen LogP contribution in [-0.4, -0.2) is 11.7 Å². The molecule has 0 aliphatic heterocycles. The summed E-state index contributed by atoms with van der Waals surface area (Å²) in [4.78, 5) is 0. The van der Waals surface area contributed by atoms with Crippen LogP contribution in [0.15, 0.2) is 24.3 Å². The van der Waals surface area contributed by atoms with Crippen molar-refractivity contribution >= 4 is 17.3 Å². The van der Waals surface area contributed by atoms with Gasteiger partial charge in [-0.1, -0.05) is 45.0 Å². The third kappa shape index (κ3) is 5.05. The second-order valence-corrected chi connectivity index (χ2v) is 5.47. The smallest absolute Gasteiger partial charge is 0.166 e. The van der Waals surface area contributed by atoms with Gasteiger partial charge in [0.2, 0.25) is 0 Å². The summed E-state index contributed by atoms with van der Waals surface area (Å²) in [5.74, 6) is 0.601. The van der Waals surface area contributed by atoms with Gasteiger partial charge in [-0.25, -0.2) is 0 Å². The van der Waals surface area contributed by atoms with Crippen LogP contribution in [0.2, 0.25) is 0 Å². The Kier molecular flexibility index (Phi) is 6.13. The fraction of sp³-hybridized carbons (Fsp3) is 0.533. The number of benzene rings is 1. The Morgan fingerprint density at radius 1 is 1.17 bits per heavy atom. The predicted molar refractivity (Wildman–Crippen MR) is 82.8 cm³/mol. The molecule has 0 saturated heterocycles. The molecular weight excluding hydrogens is 240 g/mol. The van der Waals surface area contributed by atoms with E-state index >= 15 is 0 Å². The van der Waals surface area contributed by atoms with Crippen LogP contribution in [0, 0.1) is 5.92 Å². The van der Waals surface area contributed by atoms with E-state index in [2.05, 4.69) is 62.6 Å². The Labute approximate surface area is 116 Å². The van der Waals surface area contributed by atoms with Crippen molar-refractivity contribution in [3.63, 3.8) is 0 Å². The molecule has 0 aliphatic carbocycles. The second-order valence-electron chi connectivity index (χ2n) is 5.07. The van der Waals surface area contributed by atoms with E-state index in [1.807, 2.05) is 0 Å². The number of aryl methyl sites for hydroxylation is 1. The van der Waals surface area contributed by atoms with Crippen LogP contribution in [0.25, 0.3) is 0 Å². The van der Waals surface area contributed by atoms with E-state index in [0.29, 0.717) is 5.92 Å². The van der Waals surface area contributed by atoms with Gasteiger partial charge in [-0.3, -0.25) is 0 Å². The van der Waals surface area contributed by atoms with Gasteiger partial charge in [0, 0.05) is 6.54 Å². The zero-order valence-electron chi connectivity index (χ0n) is 11.8. The quantitative estimate of drug-likeness (QED) is 0.797. The molecule has 0 saturated carbocycles. The van der Waals surface area contributed by atoms with Crippen LogP contribution in [0.3, 0.4) is 0 Å². The molecule has 0 aliphatic rings. The van der Waals surface area contributed by atoms with Crippen molar-refractivity contribution in [3.8, 4) is 0 Å². The van der Waals surface area contributed by atoms with Crippen LogP contribution in [-0.2, 0) is 6.42 Å². The molecule has 0 spiro atoms. The van der Waals surface area contributed by atoms with Gasteiger partial charge >= 0.3 is 0 Å². The average Bonchev–Trinajstić information content (AvgIpc) is 2.36. The molecule has 1 aromatic rings. The first-order chi connectivity index (χ1) is 8.52. The fourth-order valence-electron chi connectivity index (χ4n) is 1.67. The van der Waals surface area contributed by atoms with Crippen molar-refractivity contribution in [1.29, 1.82) is 0 Å². The molecule has 100 valence electrons. The standard InChI is InChI=1S/C15H24N2S/c1-5-13-6-8-14(9-7-13)12(4)17-15(18)16-10-11(2)3/h6-9,11-12H,5,10H2,1-4H3,(H2,16,17,18). The Balaban J connectivity index is 2.48. The second kappa shape index (κ2) is 7.37. The lowest BCUT2D eigenvalue weighted by molar-refractivity contribution is 0.609. The third-order valence-corrected chi connectivity index (χ3v) is 3.17. The first kappa shape index (κ1) is 15.0. The molecule has 2 N–H and O–H groups in total. The molecule has 1 atom stereocenters. The molecule has 2 nitrogen and oxygen atoms in total. The van der Waals surface area contributed by atoms with Gasteiger partial charge in [0.1, 0.15) is 0 Å². The molecule has 0 radical (unpaired) electrons.